The smallest absolute Gasteiger partial charge is 0.236 e. The number of benzene rings is 3. The summed E-state index contributed by atoms with van der Waals surface area (Å²) in [6.07, 6.45) is 0. The molecule has 0 saturated heterocycles. The Morgan fingerprint density at radius 3 is 0.750 bits per heavy atom. The molecule has 0 unspecified atom stereocenters. The van der Waals surface area contributed by atoms with E-state index in [-0.39, 0.29) is 67.5 Å². The number of rotatable bonds is 0. The zero-order valence-electron chi connectivity index (χ0n) is 23.0. The average Bonchev–Trinajstić information content (AvgIpc) is 3.09. The number of aromatic nitrogens is 3. The first kappa shape index (κ1) is 25.3. The molecule has 4 aliphatic rings. The van der Waals surface area contributed by atoms with Gasteiger partial charge in [0.1, 0.15) is 0 Å². The van der Waals surface area contributed by atoms with Gasteiger partial charge in [0, 0.05) is 33.4 Å². The van der Waals surface area contributed by atoms with Crippen LogP contribution in [0.15, 0.2) is 127 Å². The van der Waals surface area contributed by atoms with E-state index in [0.29, 0.717) is 0 Å². The number of halogens is 4. The lowest BCUT2D eigenvalue weighted by atomic mass is 9.74. The van der Waals surface area contributed by atoms with Crippen LogP contribution in [0.5, 0.6) is 0 Å². The molecule has 0 fully saturated rings. The first-order valence-electron chi connectivity index (χ1n) is 14.3. The minimum atomic E-state index is -2.70. The maximum atomic E-state index is 18.3. The van der Waals surface area contributed by atoms with Gasteiger partial charge in [-0.1, -0.05) is 72.8 Å². The Hall–Kier alpha value is -5.17. The maximum absolute atomic E-state index is 18.3. The summed E-state index contributed by atoms with van der Waals surface area (Å²) in [7, 11) is 0. The highest BCUT2D eigenvalue weighted by Gasteiger charge is 2.51. The van der Waals surface area contributed by atoms with E-state index in [9.17, 15) is 0 Å². The summed E-state index contributed by atoms with van der Waals surface area (Å²) in [6, 6.07) is 31.7. The first-order chi connectivity index (χ1) is 21.3. The lowest BCUT2D eigenvalue weighted by molar-refractivity contribution is 0.227. The fourth-order valence-corrected chi connectivity index (χ4v) is 7.08. The quantitative estimate of drug-likeness (QED) is 0.171. The van der Waals surface area contributed by atoms with Crippen LogP contribution < -0.4 is 0 Å². The molecule has 3 aromatic heterocycles. The van der Waals surface area contributed by atoms with E-state index in [2.05, 4.69) is 15.0 Å². The summed E-state index contributed by atoms with van der Waals surface area (Å²) in [6.45, 7) is 0. The highest BCUT2D eigenvalue weighted by Crippen LogP contribution is 2.51. The first-order valence-corrected chi connectivity index (χ1v) is 14.3. The molecule has 3 aromatic carbocycles. The second-order valence-electron chi connectivity index (χ2n) is 11.6. The van der Waals surface area contributed by atoms with Crippen LogP contribution in [0.25, 0.3) is 0 Å². The van der Waals surface area contributed by atoms with Crippen molar-refractivity contribution in [3.63, 3.8) is 0 Å². The summed E-state index contributed by atoms with van der Waals surface area (Å²) in [4.78, 5) is 13.9. The predicted octanol–water partition coefficient (Wildman–Crippen LogP) is 7.86. The zero-order valence-corrected chi connectivity index (χ0v) is 23.0. The van der Waals surface area contributed by atoms with Crippen LogP contribution in [-0.2, 0) is 22.7 Å². The van der Waals surface area contributed by atoms with E-state index >= 15 is 17.6 Å². The molecule has 3 nitrogen and oxygen atoms in total. The number of hydrogen-bond donors (Lipinski definition) is 0. The molecule has 6 aromatic rings. The van der Waals surface area contributed by atoms with Crippen LogP contribution in [0, 0.1) is 0 Å². The van der Waals surface area contributed by atoms with Crippen LogP contribution >= 0.6 is 0 Å². The Balaban J connectivity index is 1.63. The maximum Gasteiger partial charge on any atom is 0.236 e. The molecule has 0 atom stereocenters. The SMILES string of the molecule is FC12c3cccc(c3)C3(F)c4cccc(c4)C(F)(c4cccc1c4)c1cccc(n1)C(F)(c1cccc2n1)c1cccc3n1. The molecule has 0 saturated carbocycles. The third-order valence-electron chi connectivity index (χ3n) is 9.34. The summed E-state index contributed by atoms with van der Waals surface area (Å²) in [5, 5.41) is 0. The van der Waals surface area contributed by atoms with E-state index < -0.39 is 22.7 Å². The fraction of sp³-hybridized carbons (Fsp3) is 0.108. The van der Waals surface area contributed by atoms with Gasteiger partial charge in [0.25, 0.3) is 0 Å². The molecule has 44 heavy (non-hydrogen) atoms. The van der Waals surface area contributed by atoms with Crippen molar-refractivity contribution in [1.29, 1.82) is 0 Å². The molecular formula is C37H21F4N3. The highest BCUT2D eigenvalue weighted by atomic mass is 19.2. The average molecular weight is 584 g/mol. The zero-order chi connectivity index (χ0) is 29.9. The van der Waals surface area contributed by atoms with Crippen molar-refractivity contribution in [3.05, 3.63) is 195 Å². The number of alkyl halides is 4. The number of nitrogens with zero attached hydrogens (tertiary/aromatic N) is 3. The molecule has 0 N–H and O–H groups in total. The minimum absolute atomic E-state index is 0.0647. The van der Waals surface area contributed by atoms with Gasteiger partial charge in [-0.25, -0.2) is 32.5 Å². The van der Waals surface area contributed by atoms with Crippen molar-refractivity contribution < 1.29 is 17.6 Å². The third kappa shape index (κ3) is 2.94. The van der Waals surface area contributed by atoms with Gasteiger partial charge < -0.3 is 0 Å². The van der Waals surface area contributed by atoms with Crippen LogP contribution in [0.1, 0.15) is 67.5 Å². The molecule has 16 bridgehead atoms. The van der Waals surface area contributed by atoms with Gasteiger partial charge >= 0.3 is 0 Å². The van der Waals surface area contributed by atoms with Crippen LogP contribution in [-0.4, -0.2) is 15.0 Å². The van der Waals surface area contributed by atoms with Crippen molar-refractivity contribution in [1.82, 2.24) is 15.0 Å². The van der Waals surface area contributed by atoms with Gasteiger partial charge in [-0.15, -0.1) is 0 Å². The molecule has 0 amide bonds. The summed E-state index contributed by atoms with van der Waals surface area (Å²) < 4.78 is 73.3. The van der Waals surface area contributed by atoms with Crippen LogP contribution in [0.4, 0.5) is 17.6 Å². The van der Waals surface area contributed by atoms with Crippen molar-refractivity contribution in [2.45, 2.75) is 22.7 Å². The molecule has 0 spiro atoms. The van der Waals surface area contributed by atoms with Gasteiger partial charge in [0.05, 0.1) is 34.2 Å². The molecular weight excluding hydrogens is 562 g/mol. The van der Waals surface area contributed by atoms with Gasteiger partial charge in [0.15, 0.2) is 0 Å². The highest BCUT2D eigenvalue weighted by molar-refractivity contribution is 5.58. The van der Waals surface area contributed by atoms with E-state index in [1.165, 1.54) is 72.8 Å². The van der Waals surface area contributed by atoms with Crippen molar-refractivity contribution in [3.8, 4) is 0 Å². The summed E-state index contributed by atoms with van der Waals surface area (Å²) in [5.74, 6) is 0. The Kier molecular flexibility index (Phi) is 4.76. The van der Waals surface area contributed by atoms with Crippen LogP contribution in [0.3, 0.4) is 0 Å². The fourth-order valence-electron chi connectivity index (χ4n) is 7.08. The predicted molar refractivity (Wildman–Crippen MR) is 156 cm³/mol. The second kappa shape index (κ2) is 8.26. The molecule has 212 valence electrons. The molecule has 7 heteroatoms. The Labute approximate surface area is 249 Å². The largest absolute Gasteiger partial charge is 0.249 e. The standard InChI is InChI=1S/C37H21F4N3/c38-34-22-7-1-8-23(19-22)35(39)25-10-3-12-27(21-25)36(40,26-11-2-9-24(34)20-26)30-15-6-18-33(44-30)37(41,31-16-4-13-28(34)42-31)32-17-5-14-29(35)43-32/h1-21H. The molecule has 10 rings (SSSR count). The normalized spacial score (nSPS) is 27.0. The Bertz CT molecular complexity index is 1660. The van der Waals surface area contributed by atoms with E-state index in [1.807, 2.05) is 0 Å². The van der Waals surface area contributed by atoms with Gasteiger partial charge in [-0.05, 0) is 54.6 Å². The van der Waals surface area contributed by atoms with Gasteiger partial charge in [-0.3, -0.25) is 0 Å². The second-order valence-corrected chi connectivity index (χ2v) is 11.6. The van der Waals surface area contributed by atoms with Crippen molar-refractivity contribution >= 4 is 0 Å². The lowest BCUT2D eigenvalue weighted by Crippen LogP contribution is -2.36. The molecule has 3 aliphatic heterocycles. The number of hydrogen-bond acceptors (Lipinski definition) is 3. The lowest BCUT2D eigenvalue weighted by Gasteiger charge is -2.36. The van der Waals surface area contributed by atoms with E-state index in [1.54, 1.807) is 54.6 Å². The topological polar surface area (TPSA) is 38.7 Å². The van der Waals surface area contributed by atoms with Gasteiger partial charge in [0.2, 0.25) is 22.7 Å². The van der Waals surface area contributed by atoms with Crippen molar-refractivity contribution in [2.24, 2.45) is 0 Å². The van der Waals surface area contributed by atoms with Gasteiger partial charge in [-0.2, -0.15) is 0 Å². The summed E-state index contributed by atoms with van der Waals surface area (Å²) >= 11 is 0. The van der Waals surface area contributed by atoms with E-state index in [4.69, 9.17) is 0 Å². The Morgan fingerprint density at radius 1 is 0.295 bits per heavy atom. The molecule has 0 radical (unpaired) electrons. The Morgan fingerprint density at radius 2 is 0.500 bits per heavy atom. The third-order valence-corrected chi connectivity index (χ3v) is 9.34. The monoisotopic (exact) mass is 583 g/mol. The minimum Gasteiger partial charge on any atom is -0.249 e. The van der Waals surface area contributed by atoms with Crippen molar-refractivity contribution in [2.75, 3.05) is 0 Å². The molecule has 6 heterocycles. The number of pyridine rings is 3. The molecule has 1 aliphatic carbocycles. The summed E-state index contributed by atoms with van der Waals surface area (Å²) in [5.41, 5.74) is -10.9. The van der Waals surface area contributed by atoms with Crippen LogP contribution in [0.2, 0.25) is 0 Å². The van der Waals surface area contributed by atoms with E-state index in [0.717, 1.165) is 0 Å².